The van der Waals surface area contributed by atoms with Gasteiger partial charge in [-0.25, -0.2) is 0 Å². The van der Waals surface area contributed by atoms with Gasteiger partial charge in [0, 0.05) is 11.1 Å². The minimum absolute atomic E-state index is 0.00448. The molecule has 0 fully saturated rings. The van der Waals surface area contributed by atoms with Crippen LogP contribution in [0.25, 0.3) is 0 Å². The van der Waals surface area contributed by atoms with Gasteiger partial charge in [0.25, 0.3) is 0 Å². The van der Waals surface area contributed by atoms with Gasteiger partial charge in [-0.15, -0.1) is 0 Å². The Bertz CT molecular complexity index is 686. The molecule has 0 unspecified atom stereocenters. The number of carbonyl (C=O) groups is 2. The number of carbonyl (C=O) groups excluding carboxylic acids is 2. The number of benzene rings is 1. The third kappa shape index (κ3) is 6.96. The van der Waals surface area contributed by atoms with Gasteiger partial charge >= 0.3 is 0 Å². The molecule has 1 aromatic rings. The maximum absolute atomic E-state index is 11.9. The van der Waals surface area contributed by atoms with E-state index < -0.39 is 11.9 Å². The molecule has 0 atom stereocenters. The summed E-state index contributed by atoms with van der Waals surface area (Å²) >= 11 is 0. The molecule has 0 aliphatic rings. The van der Waals surface area contributed by atoms with E-state index in [9.17, 15) is 19.8 Å². The van der Waals surface area contributed by atoms with Crippen LogP contribution < -0.4 is 10.2 Å². The molecule has 0 aliphatic heterocycles. The monoisotopic (exact) mass is 388 g/mol. The van der Waals surface area contributed by atoms with Crippen molar-refractivity contribution in [3.8, 4) is 0 Å². The van der Waals surface area contributed by atoms with Gasteiger partial charge in [0.1, 0.15) is 0 Å². The van der Waals surface area contributed by atoms with Crippen molar-refractivity contribution in [2.75, 3.05) is 0 Å². The second-order valence-electron chi connectivity index (χ2n) is 9.59. The largest absolute Gasteiger partial charge is 0.545 e. The first-order valence-corrected chi connectivity index (χ1v) is 10.5. The fraction of sp³-hybridized carbons (Fsp3) is 0.667. The molecule has 0 radical (unpaired) electrons. The van der Waals surface area contributed by atoms with Gasteiger partial charge in [-0.1, -0.05) is 79.4 Å². The number of hydrogen-bond donors (Lipinski definition) is 0. The number of aromatic carboxylic acids is 2. The van der Waals surface area contributed by atoms with Gasteiger partial charge in [0.15, 0.2) is 0 Å². The molecular formula is C24H36O4-2. The minimum Gasteiger partial charge on any atom is -0.545 e. The fourth-order valence-electron chi connectivity index (χ4n) is 3.94. The van der Waals surface area contributed by atoms with Crippen molar-refractivity contribution in [3.63, 3.8) is 0 Å². The zero-order valence-corrected chi connectivity index (χ0v) is 18.4. The Kier molecular flexibility index (Phi) is 8.72. The molecule has 0 saturated carbocycles. The Morgan fingerprint density at radius 3 is 1.75 bits per heavy atom. The molecule has 0 saturated heterocycles. The summed E-state index contributed by atoms with van der Waals surface area (Å²) in [6.07, 6.45) is 7.52. The molecule has 0 spiro atoms. The molecule has 0 aromatic heterocycles. The number of unbranched alkanes of at least 4 members (excludes halogenated alkanes) is 2. The lowest BCUT2D eigenvalue weighted by molar-refractivity contribution is -0.259. The van der Waals surface area contributed by atoms with Crippen LogP contribution in [0.2, 0.25) is 0 Å². The molecule has 1 rings (SSSR count). The number of carboxylic acid groups (broad SMARTS) is 2. The summed E-state index contributed by atoms with van der Waals surface area (Å²) in [5.74, 6) is -2.91. The molecule has 4 nitrogen and oxygen atoms in total. The van der Waals surface area contributed by atoms with Crippen LogP contribution in [0.15, 0.2) is 12.1 Å². The number of hydrogen-bond acceptors (Lipinski definition) is 4. The molecule has 0 heterocycles. The highest BCUT2D eigenvalue weighted by Crippen LogP contribution is 2.36. The molecule has 0 bridgehead atoms. The molecule has 0 aliphatic carbocycles. The third-order valence-electron chi connectivity index (χ3n) is 5.57. The summed E-state index contributed by atoms with van der Waals surface area (Å²) in [4.78, 5) is 23.5. The molecule has 158 valence electrons. The summed E-state index contributed by atoms with van der Waals surface area (Å²) < 4.78 is 0. The van der Waals surface area contributed by atoms with E-state index in [-0.39, 0.29) is 22.0 Å². The molecule has 0 N–H and O–H groups in total. The summed E-state index contributed by atoms with van der Waals surface area (Å²) in [5.41, 5.74) is 0.907. The highest BCUT2D eigenvalue weighted by molar-refractivity contribution is 6.01. The summed E-state index contributed by atoms with van der Waals surface area (Å²) in [5, 5.41) is 23.5. The maximum Gasteiger partial charge on any atom is 0.0724 e. The van der Waals surface area contributed by atoms with Crippen molar-refractivity contribution in [3.05, 3.63) is 34.4 Å². The van der Waals surface area contributed by atoms with E-state index in [0.29, 0.717) is 18.4 Å². The van der Waals surface area contributed by atoms with Crippen LogP contribution in [-0.4, -0.2) is 11.9 Å². The fourth-order valence-corrected chi connectivity index (χ4v) is 3.94. The summed E-state index contributed by atoms with van der Waals surface area (Å²) in [6.45, 7) is 12.9. The van der Waals surface area contributed by atoms with E-state index in [1.165, 1.54) is 6.07 Å². The topological polar surface area (TPSA) is 80.3 Å². The van der Waals surface area contributed by atoms with Gasteiger partial charge in [-0.05, 0) is 47.6 Å². The second-order valence-corrected chi connectivity index (χ2v) is 9.59. The smallest absolute Gasteiger partial charge is 0.0724 e. The second kappa shape index (κ2) is 10.1. The molecule has 4 heteroatoms. The van der Waals surface area contributed by atoms with E-state index in [1.54, 1.807) is 6.07 Å². The van der Waals surface area contributed by atoms with E-state index in [1.807, 2.05) is 0 Å². The van der Waals surface area contributed by atoms with E-state index >= 15 is 0 Å². The maximum atomic E-state index is 11.9. The standard InChI is InChI=1S/C24H38O4/c1-7-9-13-23(3,4)15-17-11-12-18(21(25)26)20(22(27)28)19(17)16-24(5,6)14-10-8-2/h11-12H,7-10,13-16H2,1-6H3,(H,25,26)(H,27,28)/p-2. The minimum atomic E-state index is -1.47. The van der Waals surface area contributed by atoms with Gasteiger partial charge in [-0.2, -0.15) is 0 Å². The highest BCUT2D eigenvalue weighted by Gasteiger charge is 2.26. The number of rotatable bonds is 12. The first-order chi connectivity index (χ1) is 12.9. The van der Waals surface area contributed by atoms with Crippen molar-refractivity contribution in [1.82, 2.24) is 0 Å². The summed E-state index contributed by atoms with van der Waals surface area (Å²) in [6, 6.07) is 3.14. The zero-order chi connectivity index (χ0) is 21.5. The van der Waals surface area contributed by atoms with Crippen LogP contribution in [-0.2, 0) is 12.8 Å². The third-order valence-corrected chi connectivity index (χ3v) is 5.57. The van der Waals surface area contributed by atoms with E-state index in [4.69, 9.17) is 0 Å². The van der Waals surface area contributed by atoms with Crippen LogP contribution in [0, 0.1) is 10.8 Å². The van der Waals surface area contributed by atoms with E-state index in [2.05, 4.69) is 41.5 Å². The van der Waals surface area contributed by atoms with Crippen molar-refractivity contribution in [1.29, 1.82) is 0 Å². The lowest BCUT2D eigenvalue weighted by atomic mass is 9.74. The van der Waals surface area contributed by atoms with Crippen LogP contribution in [0.4, 0.5) is 0 Å². The first kappa shape index (κ1) is 24.2. The lowest BCUT2D eigenvalue weighted by Crippen LogP contribution is -2.33. The Labute approximate surface area is 170 Å². The van der Waals surface area contributed by atoms with Gasteiger partial charge in [0.05, 0.1) is 11.9 Å². The van der Waals surface area contributed by atoms with Gasteiger partial charge in [-0.3, -0.25) is 0 Å². The summed E-state index contributed by atoms with van der Waals surface area (Å²) in [7, 11) is 0. The molecule has 0 amide bonds. The lowest BCUT2D eigenvalue weighted by Gasteiger charge is -2.32. The Morgan fingerprint density at radius 1 is 0.821 bits per heavy atom. The average Bonchev–Trinajstić information content (AvgIpc) is 2.58. The predicted octanol–water partition coefficient (Wildman–Crippen LogP) is 3.93. The van der Waals surface area contributed by atoms with Crippen LogP contribution in [0.5, 0.6) is 0 Å². The molecular weight excluding hydrogens is 352 g/mol. The SMILES string of the molecule is CCCCC(C)(C)Cc1ccc(C(=O)[O-])c(C(=O)[O-])c1CC(C)(C)CCCC. The van der Waals surface area contributed by atoms with Crippen molar-refractivity contribution in [2.45, 2.75) is 92.9 Å². The van der Waals surface area contributed by atoms with Crippen molar-refractivity contribution >= 4 is 11.9 Å². The van der Waals surface area contributed by atoms with E-state index in [0.717, 1.165) is 44.1 Å². The van der Waals surface area contributed by atoms with Crippen LogP contribution in [0.3, 0.4) is 0 Å². The van der Waals surface area contributed by atoms with Crippen molar-refractivity contribution < 1.29 is 19.8 Å². The molecule has 28 heavy (non-hydrogen) atoms. The van der Waals surface area contributed by atoms with Crippen LogP contribution >= 0.6 is 0 Å². The zero-order valence-electron chi connectivity index (χ0n) is 18.4. The van der Waals surface area contributed by atoms with Crippen molar-refractivity contribution in [2.24, 2.45) is 10.8 Å². The predicted molar refractivity (Wildman–Crippen MR) is 109 cm³/mol. The Hall–Kier alpha value is -1.84. The van der Waals surface area contributed by atoms with Gasteiger partial charge in [0.2, 0.25) is 0 Å². The molecule has 1 aromatic carbocycles. The number of carboxylic acids is 2. The Balaban J connectivity index is 3.48. The van der Waals surface area contributed by atoms with Crippen LogP contribution in [0.1, 0.15) is 112 Å². The Morgan fingerprint density at radius 2 is 1.32 bits per heavy atom. The normalized spacial score (nSPS) is 12.2. The highest BCUT2D eigenvalue weighted by atomic mass is 16.4. The quantitative estimate of drug-likeness (QED) is 0.543. The average molecular weight is 389 g/mol. The van der Waals surface area contributed by atoms with Gasteiger partial charge < -0.3 is 19.8 Å². The first-order valence-electron chi connectivity index (χ1n) is 10.5.